The topological polar surface area (TPSA) is 48.4 Å². The van der Waals surface area contributed by atoms with Gasteiger partial charge in [-0.05, 0) is 29.3 Å². The minimum absolute atomic E-state index is 0.402. The van der Waals surface area contributed by atoms with E-state index in [0.717, 1.165) is 22.4 Å². The first-order chi connectivity index (χ1) is 11.8. The van der Waals surface area contributed by atoms with Crippen molar-refractivity contribution in [1.29, 1.82) is 0 Å². The third-order valence-electron chi connectivity index (χ3n) is 3.58. The molecule has 0 unspecified atom stereocenters. The van der Waals surface area contributed by atoms with Crippen molar-refractivity contribution in [3.63, 3.8) is 0 Å². The number of carbonyl (C=O) groups is 1. The van der Waals surface area contributed by atoms with Crippen molar-refractivity contribution < 1.29 is 14.3 Å². The molecule has 0 aliphatic carbocycles. The summed E-state index contributed by atoms with van der Waals surface area (Å²) in [5.74, 6) is 0.362. The molecule has 24 heavy (non-hydrogen) atoms. The molecule has 0 aliphatic heterocycles. The van der Waals surface area contributed by atoms with Crippen LogP contribution in [0.1, 0.15) is 15.9 Å². The number of benzene rings is 2. The minimum atomic E-state index is -0.402. The number of carbonyl (C=O) groups excluding carboxylic acids is 1. The Morgan fingerprint density at radius 1 is 0.958 bits per heavy atom. The van der Waals surface area contributed by atoms with Crippen molar-refractivity contribution in [2.45, 2.75) is 6.61 Å². The van der Waals surface area contributed by atoms with Gasteiger partial charge in [0.05, 0.1) is 12.7 Å². The minimum Gasteiger partial charge on any atom is -0.489 e. The summed E-state index contributed by atoms with van der Waals surface area (Å²) in [6, 6.07) is 19.5. The van der Waals surface area contributed by atoms with Crippen LogP contribution in [0.2, 0.25) is 0 Å². The fraction of sp³-hybridized carbons (Fsp3) is 0.100. The SMILES string of the molecule is COC(=O)c1cncc(-c2cccc(OCc3ccccc3)c2)c1. The summed E-state index contributed by atoms with van der Waals surface area (Å²) in [6.07, 6.45) is 3.20. The Hall–Kier alpha value is -3.14. The van der Waals surface area contributed by atoms with Crippen LogP contribution in [0, 0.1) is 0 Å². The Bertz CT molecular complexity index is 831. The molecule has 0 aliphatic rings. The highest BCUT2D eigenvalue weighted by molar-refractivity contribution is 5.90. The van der Waals surface area contributed by atoms with Gasteiger partial charge in [0.15, 0.2) is 0 Å². The van der Waals surface area contributed by atoms with Gasteiger partial charge < -0.3 is 9.47 Å². The molecule has 120 valence electrons. The maximum atomic E-state index is 11.6. The van der Waals surface area contributed by atoms with Gasteiger partial charge in [0.1, 0.15) is 12.4 Å². The first-order valence-electron chi connectivity index (χ1n) is 7.57. The predicted molar refractivity (Wildman–Crippen MR) is 91.8 cm³/mol. The molecule has 1 aromatic heterocycles. The molecule has 0 bridgehead atoms. The molecule has 0 amide bonds. The van der Waals surface area contributed by atoms with E-state index in [1.54, 1.807) is 12.3 Å². The first-order valence-corrected chi connectivity index (χ1v) is 7.57. The molecule has 1 heterocycles. The summed E-state index contributed by atoms with van der Waals surface area (Å²) in [4.78, 5) is 15.7. The van der Waals surface area contributed by atoms with Crippen molar-refractivity contribution in [2.75, 3.05) is 7.11 Å². The van der Waals surface area contributed by atoms with Gasteiger partial charge in [-0.3, -0.25) is 4.98 Å². The summed E-state index contributed by atoms with van der Waals surface area (Å²) in [5, 5.41) is 0. The van der Waals surface area contributed by atoms with Gasteiger partial charge in [0.25, 0.3) is 0 Å². The van der Waals surface area contributed by atoms with Crippen LogP contribution in [0.3, 0.4) is 0 Å². The van der Waals surface area contributed by atoms with E-state index in [-0.39, 0.29) is 0 Å². The molecular formula is C20H17NO3. The molecule has 2 aromatic carbocycles. The van der Waals surface area contributed by atoms with Gasteiger partial charge >= 0.3 is 5.97 Å². The Balaban J connectivity index is 1.79. The van der Waals surface area contributed by atoms with Crippen LogP contribution in [0.4, 0.5) is 0 Å². The van der Waals surface area contributed by atoms with Crippen molar-refractivity contribution >= 4 is 5.97 Å². The molecule has 3 aromatic rings. The maximum absolute atomic E-state index is 11.6. The lowest BCUT2D eigenvalue weighted by atomic mass is 10.1. The van der Waals surface area contributed by atoms with Gasteiger partial charge in [-0.2, -0.15) is 0 Å². The van der Waals surface area contributed by atoms with E-state index in [0.29, 0.717) is 12.2 Å². The number of hydrogen-bond donors (Lipinski definition) is 0. The summed E-state index contributed by atoms with van der Waals surface area (Å²) in [6.45, 7) is 0.505. The molecule has 4 heteroatoms. The number of ether oxygens (including phenoxy) is 2. The second-order valence-electron chi connectivity index (χ2n) is 5.26. The van der Waals surface area contributed by atoms with Gasteiger partial charge in [-0.1, -0.05) is 42.5 Å². The van der Waals surface area contributed by atoms with Crippen LogP contribution in [0.15, 0.2) is 73.1 Å². The van der Waals surface area contributed by atoms with E-state index in [2.05, 4.69) is 4.98 Å². The summed E-state index contributed by atoms with van der Waals surface area (Å²) in [5.41, 5.74) is 3.30. The van der Waals surface area contributed by atoms with Gasteiger partial charge in [0.2, 0.25) is 0 Å². The lowest BCUT2D eigenvalue weighted by Gasteiger charge is -2.09. The highest BCUT2D eigenvalue weighted by Gasteiger charge is 2.08. The number of methoxy groups -OCH3 is 1. The van der Waals surface area contributed by atoms with Crippen LogP contribution >= 0.6 is 0 Å². The van der Waals surface area contributed by atoms with Gasteiger partial charge in [0, 0.05) is 18.0 Å². The fourth-order valence-corrected chi connectivity index (χ4v) is 2.33. The Labute approximate surface area is 140 Å². The third-order valence-corrected chi connectivity index (χ3v) is 3.58. The summed E-state index contributed by atoms with van der Waals surface area (Å²) in [7, 11) is 1.35. The summed E-state index contributed by atoms with van der Waals surface area (Å²) >= 11 is 0. The molecule has 0 fully saturated rings. The Kier molecular flexibility index (Phi) is 4.87. The largest absolute Gasteiger partial charge is 0.489 e. The first kappa shape index (κ1) is 15.7. The average molecular weight is 319 g/mol. The van der Waals surface area contributed by atoms with E-state index in [1.165, 1.54) is 13.3 Å². The van der Waals surface area contributed by atoms with Gasteiger partial charge in [-0.25, -0.2) is 4.79 Å². The Morgan fingerprint density at radius 3 is 2.58 bits per heavy atom. The van der Waals surface area contributed by atoms with E-state index >= 15 is 0 Å². The molecule has 4 nitrogen and oxygen atoms in total. The van der Waals surface area contributed by atoms with Crippen LogP contribution < -0.4 is 4.74 Å². The van der Waals surface area contributed by atoms with Crippen LogP contribution in [-0.2, 0) is 11.3 Å². The molecule has 0 spiro atoms. The number of pyridine rings is 1. The van der Waals surface area contributed by atoms with Crippen LogP contribution in [0.5, 0.6) is 5.75 Å². The third kappa shape index (κ3) is 3.79. The second kappa shape index (κ2) is 7.42. The van der Waals surface area contributed by atoms with Gasteiger partial charge in [-0.15, -0.1) is 0 Å². The maximum Gasteiger partial charge on any atom is 0.339 e. The molecule has 0 saturated heterocycles. The monoisotopic (exact) mass is 319 g/mol. The number of aromatic nitrogens is 1. The zero-order valence-electron chi connectivity index (χ0n) is 13.3. The molecule has 3 rings (SSSR count). The van der Waals surface area contributed by atoms with E-state index in [1.807, 2.05) is 54.6 Å². The lowest BCUT2D eigenvalue weighted by Crippen LogP contribution is -2.01. The predicted octanol–water partition coefficient (Wildman–Crippen LogP) is 4.11. The molecule has 0 N–H and O–H groups in total. The quantitative estimate of drug-likeness (QED) is 0.664. The molecular weight excluding hydrogens is 302 g/mol. The fourth-order valence-electron chi connectivity index (χ4n) is 2.33. The average Bonchev–Trinajstić information content (AvgIpc) is 2.67. The second-order valence-corrected chi connectivity index (χ2v) is 5.26. The van der Waals surface area contributed by atoms with Crippen molar-refractivity contribution in [3.8, 4) is 16.9 Å². The normalized spacial score (nSPS) is 10.2. The standard InChI is InChI=1S/C20H17NO3/c1-23-20(22)18-10-17(12-21-13-18)16-8-5-9-19(11-16)24-14-15-6-3-2-4-7-15/h2-13H,14H2,1H3. The smallest absolute Gasteiger partial charge is 0.339 e. The number of rotatable bonds is 5. The number of hydrogen-bond acceptors (Lipinski definition) is 4. The Morgan fingerprint density at radius 2 is 1.79 bits per heavy atom. The molecule has 0 atom stereocenters. The zero-order chi connectivity index (χ0) is 16.8. The van der Waals surface area contributed by atoms with E-state index < -0.39 is 5.97 Å². The van der Waals surface area contributed by atoms with E-state index in [4.69, 9.17) is 9.47 Å². The zero-order valence-corrected chi connectivity index (χ0v) is 13.3. The highest BCUT2D eigenvalue weighted by Crippen LogP contribution is 2.24. The summed E-state index contributed by atoms with van der Waals surface area (Å²) < 4.78 is 10.6. The van der Waals surface area contributed by atoms with Crippen LogP contribution in [0.25, 0.3) is 11.1 Å². The number of esters is 1. The van der Waals surface area contributed by atoms with E-state index in [9.17, 15) is 4.79 Å². The highest BCUT2D eigenvalue weighted by atomic mass is 16.5. The molecule has 0 radical (unpaired) electrons. The molecule has 0 saturated carbocycles. The van der Waals surface area contributed by atoms with Crippen molar-refractivity contribution in [1.82, 2.24) is 4.98 Å². The lowest BCUT2D eigenvalue weighted by molar-refractivity contribution is 0.0600. The van der Waals surface area contributed by atoms with Crippen LogP contribution in [-0.4, -0.2) is 18.1 Å². The van der Waals surface area contributed by atoms with Crippen molar-refractivity contribution in [2.24, 2.45) is 0 Å². The van der Waals surface area contributed by atoms with Crippen molar-refractivity contribution in [3.05, 3.63) is 84.2 Å². The number of nitrogens with zero attached hydrogens (tertiary/aromatic N) is 1.